The lowest BCUT2D eigenvalue weighted by Gasteiger charge is -2.19. The topological polar surface area (TPSA) is 30.5 Å². The summed E-state index contributed by atoms with van der Waals surface area (Å²) in [5.41, 5.74) is 1.39. The number of ether oxygens (including phenoxy) is 2. The zero-order valence-electron chi connectivity index (χ0n) is 12.5. The summed E-state index contributed by atoms with van der Waals surface area (Å²) in [5, 5.41) is 3.27. The zero-order chi connectivity index (χ0) is 15.2. The molecule has 2 rings (SSSR count). The van der Waals surface area contributed by atoms with Gasteiger partial charge in [0, 0.05) is 11.8 Å². The SMILES string of the molecule is CCOc1cccc(NC(C)c2c(F)cccc2OC)c1. The Morgan fingerprint density at radius 3 is 2.67 bits per heavy atom. The van der Waals surface area contributed by atoms with E-state index in [4.69, 9.17) is 9.47 Å². The number of rotatable bonds is 6. The lowest BCUT2D eigenvalue weighted by Crippen LogP contribution is -2.10. The molecule has 0 radical (unpaired) electrons. The smallest absolute Gasteiger partial charge is 0.132 e. The van der Waals surface area contributed by atoms with Crippen molar-refractivity contribution in [1.82, 2.24) is 0 Å². The minimum Gasteiger partial charge on any atom is -0.496 e. The lowest BCUT2D eigenvalue weighted by atomic mass is 10.1. The van der Waals surface area contributed by atoms with Crippen molar-refractivity contribution in [2.75, 3.05) is 19.0 Å². The second-order valence-electron chi connectivity index (χ2n) is 4.68. The van der Waals surface area contributed by atoms with Crippen LogP contribution in [0.2, 0.25) is 0 Å². The van der Waals surface area contributed by atoms with Crippen LogP contribution >= 0.6 is 0 Å². The summed E-state index contributed by atoms with van der Waals surface area (Å²) in [7, 11) is 1.54. The first-order valence-corrected chi connectivity index (χ1v) is 6.97. The maximum Gasteiger partial charge on any atom is 0.132 e. The highest BCUT2D eigenvalue weighted by atomic mass is 19.1. The molecule has 0 saturated heterocycles. The van der Waals surface area contributed by atoms with Crippen LogP contribution in [0.15, 0.2) is 42.5 Å². The highest BCUT2D eigenvalue weighted by Crippen LogP contribution is 2.30. The molecule has 0 aromatic heterocycles. The van der Waals surface area contributed by atoms with E-state index in [-0.39, 0.29) is 11.9 Å². The molecule has 0 heterocycles. The fourth-order valence-electron chi connectivity index (χ4n) is 2.28. The van der Waals surface area contributed by atoms with Gasteiger partial charge in [0.25, 0.3) is 0 Å². The summed E-state index contributed by atoms with van der Waals surface area (Å²) in [6, 6.07) is 12.2. The molecule has 0 aliphatic heterocycles. The number of nitrogens with one attached hydrogen (secondary N) is 1. The lowest BCUT2D eigenvalue weighted by molar-refractivity contribution is 0.340. The molecule has 2 aromatic rings. The predicted octanol–water partition coefficient (Wildman–Crippen LogP) is 4.41. The van der Waals surface area contributed by atoms with Crippen molar-refractivity contribution < 1.29 is 13.9 Å². The second-order valence-corrected chi connectivity index (χ2v) is 4.68. The minimum atomic E-state index is -0.282. The van der Waals surface area contributed by atoms with Crippen molar-refractivity contribution in [3.63, 3.8) is 0 Å². The number of halogens is 1. The third kappa shape index (κ3) is 3.66. The van der Waals surface area contributed by atoms with E-state index >= 15 is 0 Å². The standard InChI is InChI=1S/C17H20FNO2/c1-4-21-14-8-5-7-13(11-14)19-12(2)17-15(18)9-6-10-16(17)20-3/h5-12,19H,4H2,1-3H3. The van der Waals surface area contributed by atoms with Gasteiger partial charge in [0.1, 0.15) is 17.3 Å². The Morgan fingerprint density at radius 1 is 1.19 bits per heavy atom. The Hall–Kier alpha value is -2.23. The fraction of sp³-hybridized carbons (Fsp3) is 0.294. The predicted molar refractivity (Wildman–Crippen MR) is 82.6 cm³/mol. The number of benzene rings is 2. The van der Waals surface area contributed by atoms with Crippen LogP contribution in [0.5, 0.6) is 11.5 Å². The molecular formula is C17H20FNO2. The summed E-state index contributed by atoms with van der Waals surface area (Å²) in [6.45, 7) is 4.45. The van der Waals surface area contributed by atoms with Gasteiger partial charge in [-0.2, -0.15) is 0 Å². The third-order valence-corrected chi connectivity index (χ3v) is 3.19. The molecule has 1 N–H and O–H groups in total. The molecule has 0 fully saturated rings. The molecule has 112 valence electrons. The number of anilines is 1. The number of hydrogen-bond donors (Lipinski definition) is 1. The van der Waals surface area contributed by atoms with Crippen LogP contribution in [0.1, 0.15) is 25.5 Å². The van der Waals surface area contributed by atoms with Crippen molar-refractivity contribution in [3.05, 3.63) is 53.8 Å². The summed E-state index contributed by atoms with van der Waals surface area (Å²) < 4.78 is 24.8. The van der Waals surface area contributed by atoms with Crippen molar-refractivity contribution >= 4 is 5.69 Å². The van der Waals surface area contributed by atoms with Gasteiger partial charge in [-0.05, 0) is 38.1 Å². The largest absolute Gasteiger partial charge is 0.496 e. The Kier molecular flexibility index (Phi) is 5.04. The first kappa shape index (κ1) is 15.2. The van der Waals surface area contributed by atoms with Gasteiger partial charge < -0.3 is 14.8 Å². The number of hydrogen-bond acceptors (Lipinski definition) is 3. The van der Waals surface area contributed by atoms with Gasteiger partial charge in [0.15, 0.2) is 0 Å². The second kappa shape index (κ2) is 6.97. The van der Waals surface area contributed by atoms with Gasteiger partial charge in [-0.1, -0.05) is 12.1 Å². The molecule has 21 heavy (non-hydrogen) atoms. The highest BCUT2D eigenvalue weighted by molar-refractivity contribution is 5.51. The summed E-state index contributed by atoms with van der Waals surface area (Å²) >= 11 is 0. The molecule has 0 bridgehead atoms. The quantitative estimate of drug-likeness (QED) is 0.854. The maximum absolute atomic E-state index is 14.0. The van der Waals surface area contributed by atoms with E-state index < -0.39 is 0 Å². The van der Waals surface area contributed by atoms with Gasteiger partial charge in [0.05, 0.1) is 25.3 Å². The summed E-state index contributed by atoms with van der Waals surface area (Å²) in [6.07, 6.45) is 0. The van der Waals surface area contributed by atoms with Crippen molar-refractivity contribution in [3.8, 4) is 11.5 Å². The normalized spacial score (nSPS) is 11.8. The van der Waals surface area contributed by atoms with Crippen LogP contribution in [0.3, 0.4) is 0 Å². The van der Waals surface area contributed by atoms with E-state index in [0.29, 0.717) is 17.9 Å². The first-order chi connectivity index (χ1) is 10.2. The van der Waals surface area contributed by atoms with Crippen LogP contribution in [-0.2, 0) is 0 Å². The molecule has 1 atom stereocenters. The Bertz CT molecular complexity index is 601. The Balaban J connectivity index is 2.22. The molecule has 0 spiro atoms. The minimum absolute atomic E-state index is 0.224. The van der Waals surface area contributed by atoms with Gasteiger partial charge in [-0.3, -0.25) is 0 Å². The first-order valence-electron chi connectivity index (χ1n) is 6.97. The molecule has 2 aromatic carbocycles. The summed E-state index contributed by atoms with van der Waals surface area (Å²) in [4.78, 5) is 0. The van der Waals surface area contributed by atoms with Crippen LogP contribution in [-0.4, -0.2) is 13.7 Å². The molecule has 0 amide bonds. The Labute approximate surface area is 124 Å². The Morgan fingerprint density at radius 2 is 1.95 bits per heavy atom. The van der Waals surface area contributed by atoms with Crippen molar-refractivity contribution in [1.29, 1.82) is 0 Å². The van der Waals surface area contributed by atoms with E-state index in [0.717, 1.165) is 11.4 Å². The molecule has 4 heteroatoms. The van der Waals surface area contributed by atoms with Gasteiger partial charge in [-0.15, -0.1) is 0 Å². The molecule has 0 aliphatic carbocycles. The monoisotopic (exact) mass is 289 g/mol. The van der Waals surface area contributed by atoms with Crippen LogP contribution < -0.4 is 14.8 Å². The molecule has 0 saturated carbocycles. The van der Waals surface area contributed by atoms with Gasteiger partial charge in [0.2, 0.25) is 0 Å². The molecule has 3 nitrogen and oxygen atoms in total. The molecule has 0 aliphatic rings. The average molecular weight is 289 g/mol. The van der Waals surface area contributed by atoms with E-state index in [2.05, 4.69) is 5.32 Å². The highest BCUT2D eigenvalue weighted by Gasteiger charge is 2.16. The van der Waals surface area contributed by atoms with Crippen LogP contribution in [0.4, 0.5) is 10.1 Å². The maximum atomic E-state index is 14.0. The molecule has 1 unspecified atom stereocenters. The van der Waals surface area contributed by atoms with E-state index in [9.17, 15) is 4.39 Å². The zero-order valence-corrected chi connectivity index (χ0v) is 12.5. The van der Waals surface area contributed by atoms with Crippen molar-refractivity contribution in [2.45, 2.75) is 19.9 Å². The van der Waals surface area contributed by atoms with Crippen LogP contribution in [0.25, 0.3) is 0 Å². The average Bonchev–Trinajstić information content (AvgIpc) is 2.47. The molecular weight excluding hydrogens is 269 g/mol. The van der Waals surface area contributed by atoms with Gasteiger partial charge >= 0.3 is 0 Å². The summed E-state index contributed by atoms with van der Waals surface area (Å²) in [5.74, 6) is 1.04. The van der Waals surface area contributed by atoms with Crippen molar-refractivity contribution in [2.24, 2.45) is 0 Å². The number of methoxy groups -OCH3 is 1. The van der Waals surface area contributed by atoms with E-state index in [1.165, 1.54) is 6.07 Å². The fourth-order valence-corrected chi connectivity index (χ4v) is 2.28. The van der Waals surface area contributed by atoms with E-state index in [1.54, 1.807) is 19.2 Å². The van der Waals surface area contributed by atoms with Crippen LogP contribution in [0, 0.1) is 5.82 Å². The van der Waals surface area contributed by atoms with E-state index in [1.807, 2.05) is 38.1 Å². The van der Waals surface area contributed by atoms with Gasteiger partial charge in [-0.25, -0.2) is 4.39 Å². The third-order valence-electron chi connectivity index (χ3n) is 3.19.